The maximum Gasteiger partial charge on any atom is 0.137 e. The predicted octanol–water partition coefficient (Wildman–Crippen LogP) is 8.79. The van der Waals surface area contributed by atoms with Crippen LogP contribution in [0.5, 0.6) is 0 Å². The zero-order chi connectivity index (χ0) is 32.1. The molecular formula is C41H42O5S. The van der Waals surface area contributed by atoms with Gasteiger partial charge in [-0.2, -0.15) is 0 Å². The molecule has 1 aliphatic rings. The van der Waals surface area contributed by atoms with Gasteiger partial charge in [-0.3, -0.25) is 0 Å². The Bertz CT molecular complexity index is 1590. The second kappa shape index (κ2) is 17.4. The summed E-state index contributed by atoms with van der Waals surface area (Å²) in [6.45, 7) is 4.17. The zero-order valence-corrected chi connectivity index (χ0v) is 27.5. The molecule has 5 aromatic carbocycles. The molecular weight excluding hydrogens is 605 g/mol. The van der Waals surface area contributed by atoms with E-state index in [1.807, 2.05) is 72.8 Å². The van der Waals surface area contributed by atoms with Gasteiger partial charge in [0.15, 0.2) is 0 Å². The normalized spacial score (nSPS) is 21.0. The first-order valence-corrected chi connectivity index (χ1v) is 17.1. The molecule has 5 aromatic rings. The van der Waals surface area contributed by atoms with E-state index >= 15 is 0 Å². The molecule has 6 rings (SSSR count). The first-order valence-electron chi connectivity index (χ1n) is 16.2. The van der Waals surface area contributed by atoms with Crippen LogP contribution in [0.1, 0.15) is 27.8 Å². The minimum atomic E-state index is -0.453. The monoisotopic (exact) mass is 646 g/mol. The zero-order valence-electron chi connectivity index (χ0n) is 26.7. The summed E-state index contributed by atoms with van der Waals surface area (Å²) in [7, 11) is 0. The van der Waals surface area contributed by atoms with Crippen molar-refractivity contribution in [3.63, 3.8) is 0 Å². The SMILES string of the molecule is Cc1ccc(SC2OC(COCc3ccccc3)C(OCc3ccccc3)C(OCc3ccccc3)C2OCc2ccccc2)cc1. The van der Waals surface area contributed by atoms with Gasteiger partial charge in [-0.25, -0.2) is 0 Å². The Morgan fingerprint density at radius 1 is 0.489 bits per heavy atom. The number of aryl methyl sites for hydroxylation is 1. The van der Waals surface area contributed by atoms with Crippen LogP contribution >= 0.6 is 11.8 Å². The van der Waals surface area contributed by atoms with Crippen LogP contribution in [-0.4, -0.2) is 36.5 Å². The molecule has 0 spiro atoms. The van der Waals surface area contributed by atoms with E-state index in [9.17, 15) is 0 Å². The van der Waals surface area contributed by atoms with Crippen LogP contribution in [0, 0.1) is 6.92 Å². The summed E-state index contributed by atoms with van der Waals surface area (Å²) >= 11 is 1.65. The van der Waals surface area contributed by atoms with Crippen molar-refractivity contribution in [2.45, 2.75) is 68.1 Å². The smallest absolute Gasteiger partial charge is 0.137 e. The van der Waals surface area contributed by atoms with Gasteiger partial charge in [0.05, 0.1) is 33.0 Å². The van der Waals surface area contributed by atoms with E-state index in [1.54, 1.807) is 11.8 Å². The van der Waals surface area contributed by atoms with Crippen LogP contribution in [0.4, 0.5) is 0 Å². The third kappa shape index (κ3) is 9.88. The Kier molecular flexibility index (Phi) is 12.3. The summed E-state index contributed by atoms with van der Waals surface area (Å²) in [5.74, 6) is 0. The number of ether oxygens (including phenoxy) is 5. The Balaban J connectivity index is 1.31. The van der Waals surface area contributed by atoms with Crippen molar-refractivity contribution in [2.24, 2.45) is 0 Å². The predicted molar refractivity (Wildman–Crippen MR) is 187 cm³/mol. The fourth-order valence-electron chi connectivity index (χ4n) is 5.59. The molecule has 47 heavy (non-hydrogen) atoms. The lowest BCUT2D eigenvalue weighted by atomic mass is 9.98. The minimum Gasteiger partial charge on any atom is -0.374 e. The van der Waals surface area contributed by atoms with Crippen molar-refractivity contribution in [3.05, 3.63) is 173 Å². The summed E-state index contributed by atoms with van der Waals surface area (Å²) in [5, 5.41) is 0. The second-order valence-corrected chi connectivity index (χ2v) is 12.9. The van der Waals surface area contributed by atoms with Gasteiger partial charge >= 0.3 is 0 Å². The second-order valence-electron chi connectivity index (χ2n) is 11.8. The van der Waals surface area contributed by atoms with E-state index in [-0.39, 0.29) is 5.44 Å². The van der Waals surface area contributed by atoms with Gasteiger partial charge in [-0.05, 0) is 41.3 Å². The largest absolute Gasteiger partial charge is 0.374 e. The molecule has 5 nitrogen and oxygen atoms in total. The summed E-state index contributed by atoms with van der Waals surface area (Å²) in [4.78, 5) is 1.10. The van der Waals surface area contributed by atoms with Crippen LogP contribution in [0.25, 0.3) is 0 Å². The standard InChI is InChI=1S/C41H42O5S/c1-31-22-24-36(25-23-31)47-41-40(45-29-35-20-12-5-13-21-35)39(44-28-34-18-10-4-11-19-34)38(43-27-33-16-8-3-9-17-33)37(46-41)30-42-26-32-14-6-2-7-15-32/h2-25,37-41H,26-30H2,1H3. The highest BCUT2D eigenvalue weighted by molar-refractivity contribution is 7.99. The molecule has 1 heterocycles. The summed E-state index contributed by atoms with van der Waals surface area (Å²) in [6, 6.07) is 49.4. The molecule has 242 valence electrons. The number of benzene rings is 5. The van der Waals surface area contributed by atoms with Crippen LogP contribution in [0.3, 0.4) is 0 Å². The first-order chi connectivity index (χ1) is 23.2. The molecule has 0 aliphatic carbocycles. The van der Waals surface area contributed by atoms with Crippen molar-refractivity contribution in [1.29, 1.82) is 0 Å². The average Bonchev–Trinajstić information content (AvgIpc) is 3.12. The molecule has 0 saturated carbocycles. The fourth-order valence-corrected chi connectivity index (χ4v) is 6.72. The van der Waals surface area contributed by atoms with E-state index in [2.05, 4.69) is 79.7 Å². The molecule has 1 fully saturated rings. The molecule has 5 unspecified atom stereocenters. The molecule has 0 bridgehead atoms. The fraction of sp³-hybridized carbons (Fsp3) is 0.268. The molecule has 0 radical (unpaired) electrons. The third-order valence-corrected chi connectivity index (χ3v) is 9.27. The molecule has 0 aromatic heterocycles. The quantitative estimate of drug-likeness (QED) is 0.113. The van der Waals surface area contributed by atoms with Gasteiger partial charge in [0, 0.05) is 4.90 Å². The first kappa shape index (κ1) is 33.2. The van der Waals surface area contributed by atoms with Crippen LogP contribution in [0.2, 0.25) is 0 Å². The van der Waals surface area contributed by atoms with Crippen molar-refractivity contribution in [2.75, 3.05) is 6.61 Å². The lowest BCUT2D eigenvalue weighted by Crippen LogP contribution is -2.60. The summed E-state index contributed by atoms with van der Waals surface area (Å²) < 4.78 is 33.7. The van der Waals surface area contributed by atoms with Crippen molar-refractivity contribution >= 4 is 11.8 Å². The molecule has 1 aliphatic heterocycles. The van der Waals surface area contributed by atoms with Crippen LogP contribution < -0.4 is 0 Å². The molecule has 0 amide bonds. The highest BCUT2D eigenvalue weighted by atomic mass is 32.2. The van der Waals surface area contributed by atoms with Crippen molar-refractivity contribution < 1.29 is 23.7 Å². The third-order valence-electron chi connectivity index (χ3n) is 8.11. The van der Waals surface area contributed by atoms with Crippen molar-refractivity contribution in [3.8, 4) is 0 Å². The van der Waals surface area contributed by atoms with E-state index in [4.69, 9.17) is 23.7 Å². The maximum absolute atomic E-state index is 6.95. The van der Waals surface area contributed by atoms with E-state index in [0.717, 1.165) is 27.1 Å². The van der Waals surface area contributed by atoms with Gasteiger partial charge in [0.2, 0.25) is 0 Å². The van der Waals surface area contributed by atoms with Gasteiger partial charge in [0.25, 0.3) is 0 Å². The van der Waals surface area contributed by atoms with E-state index < -0.39 is 24.4 Å². The van der Waals surface area contributed by atoms with Crippen molar-refractivity contribution in [1.82, 2.24) is 0 Å². The van der Waals surface area contributed by atoms with Gasteiger partial charge < -0.3 is 23.7 Å². The Hall–Kier alpha value is -3.75. The average molecular weight is 647 g/mol. The lowest BCUT2D eigenvalue weighted by Gasteiger charge is -2.46. The highest BCUT2D eigenvalue weighted by Gasteiger charge is 2.49. The van der Waals surface area contributed by atoms with E-state index in [1.165, 1.54) is 5.56 Å². The number of rotatable bonds is 15. The number of hydrogen-bond acceptors (Lipinski definition) is 6. The van der Waals surface area contributed by atoms with Gasteiger partial charge in [-0.1, -0.05) is 151 Å². The summed E-state index contributed by atoms with van der Waals surface area (Å²) in [5.41, 5.74) is 5.20. The summed E-state index contributed by atoms with van der Waals surface area (Å²) in [6.07, 6.45) is -1.73. The molecule has 5 atom stereocenters. The van der Waals surface area contributed by atoms with Crippen LogP contribution in [0.15, 0.2) is 150 Å². The topological polar surface area (TPSA) is 46.2 Å². The van der Waals surface area contributed by atoms with Crippen LogP contribution in [-0.2, 0) is 50.1 Å². The Labute approximate surface area is 282 Å². The Morgan fingerprint density at radius 3 is 1.40 bits per heavy atom. The Morgan fingerprint density at radius 2 is 0.915 bits per heavy atom. The molecule has 0 N–H and O–H groups in total. The maximum atomic E-state index is 6.95. The number of thioether (sulfide) groups is 1. The van der Waals surface area contributed by atoms with Gasteiger partial charge in [0.1, 0.15) is 29.9 Å². The lowest BCUT2D eigenvalue weighted by molar-refractivity contribution is -0.254. The number of hydrogen-bond donors (Lipinski definition) is 0. The highest BCUT2D eigenvalue weighted by Crippen LogP contribution is 2.38. The minimum absolute atomic E-state index is 0.343. The van der Waals surface area contributed by atoms with Gasteiger partial charge in [-0.15, -0.1) is 0 Å². The van der Waals surface area contributed by atoms with E-state index in [0.29, 0.717) is 33.0 Å². The molecule has 6 heteroatoms. The molecule has 1 saturated heterocycles.